The van der Waals surface area contributed by atoms with Gasteiger partial charge in [0.15, 0.2) is 0 Å². The molecule has 0 atom stereocenters. The molecule has 1 aliphatic carbocycles. The Labute approximate surface area is 82.7 Å². The summed E-state index contributed by atoms with van der Waals surface area (Å²) in [5, 5.41) is 18.1. The van der Waals surface area contributed by atoms with Gasteiger partial charge in [-0.15, -0.1) is 0 Å². The largest absolute Gasteiger partial charge is 0.488 e. The summed E-state index contributed by atoms with van der Waals surface area (Å²) in [6.45, 7) is 1.78. The predicted molar refractivity (Wildman–Crippen MR) is 52.4 cm³/mol. The fourth-order valence-electron chi connectivity index (χ4n) is 1.22. The minimum Gasteiger partial charge on any atom is -0.474 e. The molecule has 0 aromatic carbocycles. The van der Waals surface area contributed by atoms with E-state index in [1.165, 1.54) is 0 Å². The quantitative estimate of drug-likeness (QED) is 0.641. The Morgan fingerprint density at radius 1 is 1.50 bits per heavy atom. The number of aryl methyl sites for hydroxylation is 1. The van der Waals surface area contributed by atoms with Crippen molar-refractivity contribution in [3.05, 3.63) is 17.8 Å². The summed E-state index contributed by atoms with van der Waals surface area (Å²) in [7, 11) is -1.46. The fraction of sp³-hybridized carbons (Fsp3) is 0.444. The molecule has 1 aliphatic rings. The highest BCUT2D eigenvalue weighted by molar-refractivity contribution is 6.59. The van der Waals surface area contributed by atoms with E-state index in [4.69, 9.17) is 14.8 Å². The second-order valence-corrected chi connectivity index (χ2v) is 3.57. The second kappa shape index (κ2) is 3.59. The topological polar surface area (TPSA) is 62.6 Å². The molecule has 5 heteroatoms. The van der Waals surface area contributed by atoms with E-state index in [1.807, 2.05) is 0 Å². The smallest absolute Gasteiger partial charge is 0.474 e. The normalized spacial score (nSPS) is 15.4. The third kappa shape index (κ3) is 2.05. The van der Waals surface area contributed by atoms with Crippen LogP contribution in [-0.4, -0.2) is 28.3 Å². The van der Waals surface area contributed by atoms with Crippen LogP contribution in [0.25, 0.3) is 0 Å². The van der Waals surface area contributed by atoms with Crippen LogP contribution in [0.15, 0.2) is 12.3 Å². The first kappa shape index (κ1) is 9.49. The lowest BCUT2D eigenvalue weighted by molar-refractivity contribution is 0.291. The molecule has 0 spiro atoms. The van der Waals surface area contributed by atoms with Crippen LogP contribution in [0, 0.1) is 6.92 Å². The summed E-state index contributed by atoms with van der Waals surface area (Å²) in [5.74, 6) is 0.473. The van der Waals surface area contributed by atoms with Crippen molar-refractivity contribution in [2.75, 3.05) is 0 Å². The molecule has 4 nitrogen and oxygen atoms in total. The summed E-state index contributed by atoms with van der Waals surface area (Å²) in [5.41, 5.74) is 1.21. The lowest BCUT2D eigenvalue weighted by Gasteiger charge is -2.07. The number of hydrogen-bond acceptors (Lipinski definition) is 4. The van der Waals surface area contributed by atoms with Gasteiger partial charge < -0.3 is 14.8 Å². The van der Waals surface area contributed by atoms with E-state index in [9.17, 15) is 0 Å². The molecule has 1 aromatic rings. The van der Waals surface area contributed by atoms with Crippen molar-refractivity contribution < 1.29 is 14.8 Å². The average molecular weight is 193 g/mol. The molecule has 1 saturated carbocycles. The SMILES string of the molecule is Cc1cnc(OC2CC2)cc1B(O)O. The van der Waals surface area contributed by atoms with Crippen LogP contribution in [0.3, 0.4) is 0 Å². The van der Waals surface area contributed by atoms with Gasteiger partial charge >= 0.3 is 7.12 Å². The van der Waals surface area contributed by atoms with Gasteiger partial charge in [0.2, 0.25) is 5.88 Å². The van der Waals surface area contributed by atoms with Crippen LogP contribution in [-0.2, 0) is 0 Å². The maximum absolute atomic E-state index is 9.05. The first-order valence-electron chi connectivity index (χ1n) is 4.66. The Bertz CT molecular complexity index is 339. The van der Waals surface area contributed by atoms with Gasteiger partial charge in [0.1, 0.15) is 6.10 Å². The Kier molecular flexibility index (Phi) is 2.43. The number of aromatic nitrogens is 1. The van der Waals surface area contributed by atoms with Crippen LogP contribution in [0.2, 0.25) is 0 Å². The summed E-state index contributed by atoms with van der Waals surface area (Å²) >= 11 is 0. The maximum Gasteiger partial charge on any atom is 0.488 e. The molecule has 0 saturated heterocycles. The van der Waals surface area contributed by atoms with E-state index in [0.29, 0.717) is 11.3 Å². The average Bonchev–Trinajstić information content (AvgIpc) is 2.92. The Hall–Kier alpha value is -1.07. The second-order valence-electron chi connectivity index (χ2n) is 3.57. The molecular weight excluding hydrogens is 181 g/mol. The van der Waals surface area contributed by atoms with Crippen molar-refractivity contribution in [3.63, 3.8) is 0 Å². The van der Waals surface area contributed by atoms with Crippen molar-refractivity contribution in [1.29, 1.82) is 0 Å². The van der Waals surface area contributed by atoms with Crippen LogP contribution < -0.4 is 10.2 Å². The molecular formula is C9H12BNO3. The predicted octanol–water partition coefficient (Wildman–Crippen LogP) is -0.389. The maximum atomic E-state index is 9.05. The zero-order valence-corrected chi connectivity index (χ0v) is 7.97. The van der Waals surface area contributed by atoms with Crippen LogP contribution in [0.4, 0.5) is 0 Å². The molecule has 0 amide bonds. The van der Waals surface area contributed by atoms with Gasteiger partial charge in [0, 0.05) is 12.3 Å². The molecule has 14 heavy (non-hydrogen) atoms. The van der Waals surface area contributed by atoms with Gasteiger partial charge in [0.05, 0.1) is 0 Å². The van der Waals surface area contributed by atoms with E-state index >= 15 is 0 Å². The van der Waals surface area contributed by atoms with Crippen molar-refractivity contribution in [2.24, 2.45) is 0 Å². The highest BCUT2D eigenvalue weighted by Crippen LogP contribution is 2.24. The third-order valence-electron chi connectivity index (χ3n) is 2.21. The standard InChI is InChI=1S/C9H12BNO3/c1-6-5-11-9(14-7-2-3-7)4-8(6)10(12)13/h4-5,7,12-13H,2-3H2,1H3. The number of ether oxygens (including phenoxy) is 1. The molecule has 0 aliphatic heterocycles. The first-order chi connectivity index (χ1) is 6.66. The summed E-state index contributed by atoms with van der Waals surface area (Å²) in [4.78, 5) is 4.06. The summed E-state index contributed by atoms with van der Waals surface area (Å²) in [6, 6.07) is 1.58. The van der Waals surface area contributed by atoms with Crippen LogP contribution >= 0.6 is 0 Å². The number of rotatable bonds is 3. The van der Waals surface area contributed by atoms with Crippen molar-refractivity contribution in [2.45, 2.75) is 25.9 Å². The zero-order valence-electron chi connectivity index (χ0n) is 7.97. The third-order valence-corrected chi connectivity index (χ3v) is 2.21. The first-order valence-corrected chi connectivity index (χ1v) is 4.66. The number of pyridine rings is 1. The number of hydrogen-bond donors (Lipinski definition) is 2. The molecule has 0 bridgehead atoms. The van der Waals surface area contributed by atoms with Crippen molar-refractivity contribution in [3.8, 4) is 5.88 Å². The lowest BCUT2D eigenvalue weighted by Crippen LogP contribution is -2.32. The Morgan fingerprint density at radius 2 is 2.21 bits per heavy atom. The summed E-state index contributed by atoms with van der Waals surface area (Å²) in [6.07, 6.45) is 3.99. The van der Waals surface area contributed by atoms with E-state index in [-0.39, 0.29) is 6.10 Å². The monoisotopic (exact) mass is 193 g/mol. The number of nitrogens with zero attached hydrogens (tertiary/aromatic N) is 1. The Balaban J connectivity index is 2.20. The highest BCUT2D eigenvalue weighted by Gasteiger charge is 2.25. The van der Waals surface area contributed by atoms with Gasteiger partial charge in [-0.3, -0.25) is 0 Å². The van der Waals surface area contributed by atoms with E-state index in [0.717, 1.165) is 18.4 Å². The van der Waals surface area contributed by atoms with E-state index < -0.39 is 7.12 Å². The van der Waals surface area contributed by atoms with Crippen LogP contribution in [0.1, 0.15) is 18.4 Å². The molecule has 1 aromatic heterocycles. The lowest BCUT2D eigenvalue weighted by atomic mass is 9.78. The van der Waals surface area contributed by atoms with Crippen LogP contribution in [0.5, 0.6) is 5.88 Å². The molecule has 74 valence electrons. The van der Waals surface area contributed by atoms with E-state index in [1.54, 1.807) is 19.2 Å². The van der Waals surface area contributed by atoms with Gasteiger partial charge in [-0.05, 0) is 30.8 Å². The zero-order chi connectivity index (χ0) is 10.1. The summed E-state index contributed by atoms with van der Waals surface area (Å²) < 4.78 is 5.44. The van der Waals surface area contributed by atoms with E-state index in [2.05, 4.69) is 4.98 Å². The van der Waals surface area contributed by atoms with Crippen molar-refractivity contribution >= 4 is 12.6 Å². The molecule has 1 heterocycles. The molecule has 2 rings (SSSR count). The van der Waals surface area contributed by atoms with Gasteiger partial charge in [0.25, 0.3) is 0 Å². The van der Waals surface area contributed by atoms with Gasteiger partial charge in [-0.25, -0.2) is 4.98 Å². The van der Waals surface area contributed by atoms with Gasteiger partial charge in [-0.2, -0.15) is 0 Å². The molecule has 2 N–H and O–H groups in total. The van der Waals surface area contributed by atoms with Crippen molar-refractivity contribution in [1.82, 2.24) is 4.98 Å². The molecule has 0 unspecified atom stereocenters. The molecule has 1 fully saturated rings. The minimum atomic E-state index is -1.46. The highest BCUT2D eigenvalue weighted by atomic mass is 16.5. The minimum absolute atomic E-state index is 0.272. The fourth-order valence-corrected chi connectivity index (χ4v) is 1.22. The Morgan fingerprint density at radius 3 is 2.79 bits per heavy atom. The van der Waals surface area contributed by atoms with Gasteiger partial charge in [-0.1, -0.05) is 0 Å². The molecule has 0 radical (unpaired) electrons.